The third-order valence-corrected chi connectivity index (χ3v) is 6.83. The van der Waals surface area contributed by atoms with E-state index in [1.807, 2.05) is 19.2 Å². The van der Waals surface area contributed by atoms with Crippen LogP contribution in [0.25, 0.3) is 21.0 Å². The van der Waals surface area contributed by atoms with Crippen molar-refractivity contribution in [3.05, 3.63) is 76.8 Å². The Morgan fingerprint density at radius 2 is 1.97 bits per heavy atom. The maximum atomic E-state index is 13.2. The number of H-pyrrole nitrogens is 1. The smallest absolute Gasteiger partial charge is 0.261 e. The van der Waals surface area contributed by atoms with Crippen molar-refractivity contribution >= 4 is 43.9 Å². The first-order valence-electron chi connectivity index (χ1n) is 11.4. The Labute approximate surface area is 199 Å². The van der Waals surface area contributed by atoms with Crippen LogP contribution in [0.2, 0.25) is 0 Å². The number of benzene rings is 2. The highest BCUT2D eigenvalue weighted by molar-refractivity contribution is 7.20. The summed E-state index contributed by atoms with van der Waals surface area (Å²) < 4.78 is 1.12. The van der Waals surface area contributed by atoms with Gasteiger partial charge in [0, 0.05) is 46.6 Å². The molecule has 0 spiro atoms. The largest absolute Gasteiger partial charge is 0.384 e. The fraction of sp³-hybridized carbons (Fsp3) is 0.296. The first-order chi connectivity index (χ1) is 16.0. The Morgan fingerprint density at radius 1 is 1.12 bits per heavy atom. The summed E-state index contributed by atoms with van der Waals surface area (Å²) >= 11 is 1.55. The van der Waals surface area contributed by atoms with E-state index in [1.165, 1.54) is 16.5 Å². The molecule has 0 radical (unpaired) electrons. The number of aromatic nitrogens is 1. The molecule has 2 aromatic carbocycles. The lowest BCUT2D eigenvalue weighted by Gasteiger charge is -2.17. The lowest BCUT2D eigenvalue weighted by molar-refractivity contribution is 0.0941. The zero-order valence-electron chi connectivity index (χ0n) is 19.5. The van der Waals surface area contributed by atoms with E-state index in [4.69, 9.17) is 0 Å². The second kappa shape index (κ2) is 10.7. The predicted octanol–water partition coefficient (Wildman–Crippen LogP) is 5.71. The lowest BCUT2D eigenvalue weighted by Crippen LogP contribution is -2.35. The van der Waals surface area contributed by atoms with Crippen molar-refractivity contribution in [1.82, 2.24) is 15.6 Å². The van der Waals surface area contributed by atoms with Crippen LogP contribution in [0.5, 0.6) is 0 Å². The van der Waals surface area contributed by atoms with E-state index in [0.29, 0.717) is 0 Å². The van der Waals surface area contributed by atoms with E-state index in [2.05, 4.69) is 83.5 Å². The first kappa shape index (κ1) is 23.1. The van der Waals surface area contributed by atoms with Crippen molar-refractivity contribution in [2.24, 2.45) is 0 Å². The van der Waals surface area contributed by atoms with Crippen molar-refractivity contribution in [2.75, 3.05) is 25.5 Å². The van der Waals surface area contributed by atoms with Crippen molar-refractivity contribution in [1.29, 1.82) is 0 Å². The van der Waals surface area contributed by atoms with Gasteiger partial charge in [-0.05, 0) is 69.0 Å². The van der Waals surface area contributed by atoms with E-state index in [-0.39, 0.29) is 11.9 Å². The highest BCUT2D eigenvalue weighted by Crippen LogP contribution is 2.29. The molecule has 5 nitrogen and oxygen atoms in total. The molecule has 2 aromatic heterocycles. The van der Waals surface area contributed by atoms with Gasteiger partial charge in [-0.1, -0.05) is 35.9 Å². The van der Waals surface area contributed by atoms with Crippen LogP contribution < -0.4 is 16.0 Å². The quantitative estimate of drug-likeness (QED) is 0.181. The highest BCUT2D eigenvalue weighted by atomic mass is 32.1. The number of amides is 1. The molecule has 172 valence electrons. The molecule has 4 N–H and O–H groups in total. The van der Waals surface area contributed by atoms with Crippen LogP contribution in [0.4, 0.5) is 5.69 Å². The summed E-state index contributed by atoms with van der Waals surface area (Å²) in [6, 6.07) is 16.6. The minimum absolute atomic E-state index is 0.00658. The van der Waals surface area contributed by atoms with Gasteiger partial charge in [0.05, 0.1) is 4.88 Å². The van der Waals surface area contributed by atoms with Crippen molar-refractivity contribution in [2.45, 2.75) is 32.7 Å². The molecule has 1 atom stereocenters. The van der Waals surface area contributed by atoms with E-state index in [0.717, 1.165) is 52.1 Å². The van der Waals surface area contributed by atoms with Crippen LogP contribution in [-0.2, 0) is 6.42 Å². The van der Waals surface area contributed by atoms with Crippen molar-refractivity contribution < 1.29 is 4.79 Å². The summed E-state index contributed by atoms with van der Waals surface area (Å²) in [6.07, 6.45) is 5.85. The van der Waals surface area contributed by atoms with Gasteiger partial charge in [-0.3, -0.25) is 4.79 Å². The Hall–Kier alpha value is -3.09. The van der Waals surface area contributed by atoms with Gasteiger partial charge in [-0.2, -0.15) is 0 Å². The average molecular weight is 461 g/mol. The number of hydrogen-bond donors (Lipinski definition) is 4. The van der Waals surface area contributed by atoms with Crippen LogP contribution >= 0.6 is 11.3 Å². The molecule has 1 amide bonds. The van der Waals surface area contributed by atoms with Crippen LogP contribution in [-0.4, -0.2) is 37.1 Å². The molecular weight excluding hydrogens is 428 g/mol. The van der Waals surface area contributed by atoms with Gasteiger partial charge in [-0.25, -0.2) is 0 Å². The number of nitrogens with one attached hydrogen (secondary N) is 4. The van der Waals surface area contributed by atoms with Crippen LogP contribution in [0.3, 0.4) is 0 Å². The SMILES string of the molecule is CNCCNc1ccc2cc(C(=O)NC(CC=C(C)C)Cc3c[nH]c4ccccc34)sc2c1. The molecular formula is C27H32N4OS. The molecule has 0 fully saturated rings. The van der Waals surface area contributed by atoms with Crippen molar-refractivity contribution in [3.63, 3.8) is 0 Å². The molecule has 33 heavy (non-hydrogen) atoms. The van der Waals surface area contributed by atoms with Gasteiger partial charge in [0.15, 0.2) is 0 Å². The maximum Gasteiger partial charge on any atom is 0.261 e. The van der Waals surface area contributed by atoms with E-state index >= 15 is 0 Å². The molecule has 0 bridgehead atoms. The molecule has 0 saturated carbocycles. The minimum atomic E-state index is -0.00658. The lowest BCUT2D eigenvalue weighted by atomic mass is 10.0. The maximum absolute atomic E-state index is 13.2. The van der Waals surface area contributed by atoms with Crippen LogP contribution in [0, 0.1) is 0 Å². The fourth-order valence-corrected chi connectivity index (χ4v) is 4.98. The standard InChI is InChI=1S/C27H32N4OS/c1-18(2)8-10-22(14-20-17-30-24-7-5-4-6-23(20)24)31-27(32)26-15-19-9-11-21(16-25(19)33-26)29-13-12-28-3/h4-9,11,15-17,22,28-30H,10,12-14H2,1-3H3,(H,31,32). The Bertz CT molecular complexity index is 1270. The molecule has 1 unspecified atom stereocenters. The fourth-order valence-electron chi connectivity index (χ4n) is 3.98. The number of fused-ring (bicyclic) bond motifs is 2. The highest BCUT2D eigenvalue weighted by Gasteiger charge is 2.17. The second-order valence-electron chi connectivity index (χ2n) is 8.64. The van der Waals surface area contributed by atoms with Gasteiger partial charge < -0.3 is 20.9 Å². The van der Waals surface area contributed by atoms with Crippen LogP contribution in [0.1, 0.15) is 35.5 Å². The molecule has 6 heteroatoms. The molecule has 2 heterocycles. The predicted molar refractivity (Wildman–Crippen MR) is 142 cm³/mol. The normalized spacial score (nSPS) is 12.1. The number of hydrogen-bond acceptors (Lipinski definition) is 4. The van der Waals surface area contributed by atoms with Gasteiger partial charge in [0.2, 0.25) is 0 Å². The number of likely N-dealkylation sites (N-methyl/N-ethyl adjacent to an activating group) is 1. The van der Waals surface area contributed by atoms with E-state index in [1.54, 1.807) is 11.3 Å². The van der Waals surface area contributed by atoms with Crippen molar-refractivity contribution in [3.8, 4) is 0 Å². The number of aromatic amines is 1. The Kier molecular flexibility index (Phi) is 7.47. The minimum Gasteiger partial charge on any atom is -0.384 e. The summed E-state index contributed by atoms with van der Waals surface area (Å²) in [5.41, 5.74) is 4.69. The molecule has 0 aliphatic rings. The zero-order valence-corrected chi connectivity index (χ0v) is 20.3. The average Bonchev–Trinajstić information content (AvgIpc) is 3.42. The summed E-state index contributed by atoms with van der Waals surface area (Å²) in [5, 5.41) is 12.2. The van der Waals surface area contributed by atoms with Crippen LogP contribution in [0.15, 0.2) is 66.4 Å². The second-order valence-corrected chi connectivity index (χ2v) is 9.73. The Balaban J connectivity index is 1.51. The van der Waals surface area contributed by atoms with Gasteiger partial charge >= 0.3 is 0 Å². The van der Waals surface area contributed by atoms with Gasteiger partial charge in [-0.15, -0.1) is 11.3 Å². The number of thiophene rings is 1. The first-order valence-corrected chi connectivity index (χ1v) is 12.3. The monoisotopic (exact) mass is 460 g/mol. The third-order valence-electron chi connectivity index (χ3n) is 5.74. The number of carbonyl (C=O) groups is 1. The number of carbonyl (C=O) groups excluding carboxylic acids is 1. The number of rotatable bonds is 10. The van der Waals surface area contributed by atoms with Gasteiger partial charge in [0.1, 0.15) is 0 Å². The van der Waals surface area contributed by atoms with Gasteiger partial charge in [0.25, 0.3) is 5.91 Å². The number of anilines is 1. The van der Waals surface area contributed by atoms with E-state index in [9.17, 15) is 4.79 Å². The molecule has 0 aliphatic heterocycles. The zero-order chi connectivity index (χ0) is 23.2. The number of para-hydroxylation sites is 1. The summed E-state index contributed by atoms with van der Waals surface area (Å²) in [7, 11) is 1.94. The molecule has 4 aromatic rings. The number of allylic oxidation sites excluding steroid dienone is 1. The molecule has 0 aliphatic carbocycles. The topological polar surface area (TPSA) is 68.9 Å². The summed E-state index contributed by atoms with van der Waals surface area (Å²) in [6.45, 7) is 5.96. The van der Waals surface area contributed by atoms with E-state index < -0.39 is 0 Å². The summed E-state index contributed by atoms with van der Waals surface area (Å²) in [5.74, 6) is -0.00658. The molecule has 0 saturated heterocycles. The third kappa shape index (κ3) is 5.83. The summed E-state index contributed by atoms with van der Waals surface area (Å²) in [4.78, 5) is 17.3. The Morgan fingerprint density at radius 3 is 2.79 bits per heavy atom. The molecule has 4 rings (SSSR count).